The summed E-state index contributed by atoms with van der Waals surface area (Å²) >= 11 is 0. The minimum absolute atomic E-state index is 0.0168. The quantitative estimate of drug-likeness (QED) is 0.811. The maximum atomic E-state index is 13.1. The lowest BCUT2D eigenvalue weighted by Crippen LogP contribution is -1.97. The van der Waals surface area contributed by atoms with Crippen LogP contribution in [0, 0.1) is 5.82 Å². The van der Waals surface area contributed by atoms with Gasteiger partial charge in [-0.15, -0.1) is 0 Å². The van der Waals surface area contributed by atoms with Crippen molar-refractivity contribution < 1.29 is 9.50 Å². The summed E-state index contributed by atoms with van der Waals surface area (Å²) in [6, 6.07) is 13.8. The monoisotopic (exact) mass is 216 g/mol. The van der Waals surface area contributed by atoms with Gasteiger partial charge in [0, 0.05) is 11.5 Å². The average molecular weight is 216 g/mol. The standard InChI is InChI=1S/C14H13FO/c1-10(11-5-3-2-4-6-11)13-9-12(15)7-8-14(13)16/h2-10,16H,1H3/t10-/m0/s1. The van der Waals surface area contributed by atoms with E-state index in [4.69, 9.17) is 0 Å². The highest BCUT2D eigenvalue weighted by Gasteiger charge is 2.12. The van der Waals surface area contributed by atoms with Gasteiger partial charge in [-0.05, 0) is 23.8 Å². The van der Waals surface area contributed by atoms with E-state index in [0.29, 0.717) is 5.56 Å². The number of halogens is 1. The van der Waals surface area contributed by atoms with Crippen LogP contribution < -0.4 is 0 Å². The molecule has 0 heterocycles. The van der Waals surface area contributed by atoms with Crippen LogP contribution in [0.2, 0.25) is 0 Å². The summed E-state index contributed by atoms with van der Waals surface area (Å²) < 4.78 is 13.1. The number of benzene rings is 2. The zero-order chi connectivity index (χ0) is 11.5. The van der Waals surface area contributed by atoms with Crippen LogP contribution in [0.1, 0.15) is 24.0 Å². The molecule has 0 fully saturated rings. The number of hydrogen-bond acceptors (Lipinski definition) is 1. The van der Waals surface area contributed by atoms with Gasteiger partial charge >= 0.3 is 0 Å². The summed E-state index contributed by atoms with van der Waals surface area (Å²) in [4.78, 5) is 0. The fraction of sp³-hybridized carbons (Fsp3) is 0.143. The van der Waals surface area contributed by atoms with Gasteiger partial charge in [-0.1, -0.05) is 37.3 Å². The van der Waals surface area contributed by atoms with Gasteiger partial charge in [-0.25, -0.2) is 4.39 Å². The molecule has 82 valence electrons. The lowest BCUT2D eigenvalue weighted by Gasteiger charge is -2.13. The van der Waals surface area contributed by atoms with Gasteiger partial charge in [-0.3, -0.25) is 0 Å². The normalized spacial score (nSPS) is 12.4. The lowest BCUT2D eigenvalue weighted by molar-refractivity contribution is 0.463. The van der Waals surface area contributed by atoms with Crippen LogP contribution >= 0.6 is 0 Å². The Balaban J connectivity index is 2.41. The molecule has 0 bridgehead atoms. The molecule has 0 saturated carbocycles. The van der Waals surface area contributed by atoms with Gasteiger partial charge in [0.05, 0.1) is 0 Å². The molecule has 1 nitrogen and oxygen atoms in total. The zero-order valence-electron chi connectivity index (χ0n) is 9.02. The van der Waals surface area contributed by atoms with E-state index in [0.717, 1.165) is 5.56 Å². The Hall–Kier alpha value is -1.83. The van der Waals surface area contributed by atoms with E-state index in [1.165, 1.54) is 18.2 Å². The van der Waals surface area contributed by atoms with Crippen LogP contribution in [0.15, 0.2) is 48.5 Å². The smallest absolute Gasteiger partial charge is 0.123 e. The van der Waals surface area contributed by atoms with Crippen molar-refractivity contribution in [3.63, 3.8) is 0 Å². The highest BCUT2D eigenvalue weighted by atomic mass is 19.1. The Kier molecular flexibility index (Phi) is 2.91. The molecule has 0 aromatic heterocycles. The molecule has 2 heteroatoms. The summed E-state index contributed by atoms with van der Waals surface area (Å²) in [5.74, 6) is -0.203. The maximum absolute atomic E-state index is 13.1. The molecule has 2 aromatic carbocycles. The van der Waals surface area contributed by atoms with Crippen molar-refractivity contribution in [2.24, 2.45) is 0 Å². The molecule has 0 radical (unpaired) electrons. The molecule has 0 aliphatic heterocycles. The predicted molar refractivity (Wildman–Crippen MR) is 62.0 cm³/mol. The second kappa shape index (κ2) is 4.35. The average Bonchev–Trinajstić information content (AvgIpc) is 2.32. The predicted octanol–water partition coefficient (Wildman–Crippen LogP) is 3.68. The SMILES string of the molecule is C[C@@H](c1ccccc1)c1cc(F)ccc1O. The molecule has 0 aliphatic rings. The van der Waals surface area contributed by atoms with Crippen molar-refractivity contribution >= 4 is 0 Å². The first kappa shape index (κ1) is 10.7. The number of phenolic OH excluding ortho intramolecular Hbond substituents is 1. The van der Waals surface area contributed by atoms with Gasteiger partial charge in [0.25, 0.3) is 0 Å². The molecule has 1 N–H and O–H groups in total. The van der Waals surface area contributed by atoms with E-state index in [1.54, 1.807) is 0 Å². The third kappa shape index (κ3) is 2.06. The molecular formula is C14H13FO. The maximum Gasteiger partial charge on any atom is 0.123 e. The van der Waals surface area contributed by atoms with Gasteiger partial charge in [-0.2, -0.15) is 0 Å². The fourth-order valence-electron chi connectivity index (χ4n) is 1.79. The largest absolute Gasteiger partial charge is 0.508 e. The van der Waals surface area contributed by atoms with Crippen LogP contribution in [0.25, 0.3) is 0 Å². The van der Waals surface area contributed by atoms with E-state index in [2.05, 4.69) is 0 Å². The van der Waals surface area contributed by atoms with Crippen molar-refractivity contribution in [2.45, 2.75) is 12.8 Å². The summed E-state index contributed by atoms with van der Waals surface area (Å²) in [7, 11) is 0. The fourth-order valence-corrected chi connectivity index (χ4v) is 1.79. The second-order valence-corrected chi connectivity index (χ2v) is 3.84. The Morgan fingerprint density at radius 1 is 1.06 bits per heavy atom. The van der Waals surface area contributed by atoms with Crippen LogP contribution in [-0.2, 0) is 0 Å². The van der Waals surface area contributed by atoms with E-state index >= 15 is 0 Å². The summed E-state index contributed by atoms with van der Waals surface area (Å²) in [5, 5.41) is 9.70. The number of hydrogen-bond donors (Lipinski definition) is 1. The molecule has 2 aromatic rings. The lowest BCUT2D eigenvalue weighted by atomic mass is 9.92. The van der Waals surface area contributed by atoms with Gasteiger partial charge < -0.3 is 5.11 Å². The Labute approximate surface area is 94.2 Å². The second-order valence-electron chi connectivity index (χ2n) is 3.84. The van der Waals surface area contributed by atoms with Crippen LogP contribution in [0.4, 0.5) is 4.39 Å². The third-order valence-electron chi connectivity index (χ3n) is 2.76. The molecule has 2 rings (SSSR count). The molecule has 0 unspecified atom stereocenters. The topological polar surface area (TPSA) is 20.2 Å². The van der Waals surface area contributed by atoms with Crippen LogP contribution in [-0.4, -0.2) is 5.11 Å². The van der Waals surface area contributed by atoms with Crippen molar-refractivity contribution in [3.05, 3.63) is 65.5 Å². The first-order valence-electron chi connectivity index (χ1n) is 5.22. The van der Waals surface area contributed by atoms with E-state index in [9.17, 15) is 9.50 Å². The van der Waals surface area contributed by atoms with Gasteiger partial charge in [0.1, 0.15) is 11.6 Å². The number of rotatable bonds is 2. The molecule has 0 aliphatic carbocycles. The van der Waals surface area contributed by atoms with Gasteiger partial charge in [0.15, 0.2) is 0 Å². The molecule has 0 amide bonds. The summed E-state index contributed by atoms with van der Waals surface area (Å²) in [5.41, 5.74) is 1.68. The zero-order valence-corrected chi connectivity index (χ0v) is 9.02. The van der Waals surface area contributed by atoms with Crippen molar-refractivity contribution in [1.29, 1.82) is 0 Å². The molecule has 1 atom stereocenters. The van der Waals surface area contributed by atoms with E-state index in [1.807, 2.05) is 37.3 Å². The summed E-state index contributed by atoms with van der Waals surface area (Å²) in [6.07, 6.45) is 0. The van der Waals surface area contributed by atoms with E-state index < -0.39 is 0 Å². The van der Waals surface area contributed by atoms with E-state index in [-0.39, 0.29) is 17.5 Å². The number of phenols is 1. The minimum Gasteiger partial charge on any atom is -0.508 e. The highest BCUT2D eigenvalue weighted by molar-refractivity contribution is 5.40. The van der Waals surface area contributed by atoms with Crippen LogP contribution in [0.3, 0.4) is 0 Å². The van der Waals surface area contributed by atoms with Crippen molar-refractivity contribution in [3.8, 4) is 5.75 Å². The third-order valence-corrected chi connectivity index (χ3v) is 2.76. The highest BCUT2D eigenvalue weighted by Crippen LogP contribution is 2.31. The Morgan fingerprint density at radius 3 is 2.44 bits per heavy atom. The van der Waals surface area contributed by atoms with Crippen molar-refractivity contribution in [1.82, 2.24) is 0 Å². The van der Waals surface area contributed by atoms with Crippen LogP contribution in [0.5, 0.6) is 5.75 Å². The first-order valence-corrected chi connectivity index (χ1v) is 5.22. The molecule has 0 spiro atoms. The van der Waals surface area contributed by atoms with Gasteiger partial charge in [0.2, 0.25) is 0 Å². The molecular weight excluding hydrogens is 203 g/mol. The first-order chi connectivity index (χ1) is 7.68. The Morgan fingerprint density at radius 2 is 1.75 bits per heavy atom. The molecule has 0 saturated heterocycles. The summed E-state index contributed by atoms with van der Waals surface area (Å²) in [6.45, 7) is 1.95. The minimum atomic E-state index is -0.324. The molecule has 16 heavy (non-hydrogen) atoms. The Bertz CT molecular complexity index is 479. The number of aromatic hydroxyl groups is 1. The van der Waals surface area contributed by atoms with Crippen molar-refractivity contribution in [2.75, 3.05) is 0 Å².